The molecule has 0 bridgehead atoms. The van der Waals surface area contributed by atoms with Gasteiger partial charge in [-0.05, 0) is 24.6 Å². The van der Waals surface area contributed by atoms with Crippen LogP contribution in [-0.4, -0.2) is 9.78 Å². The van der Waals surface area contributed by atoms with Crippen molar-refractivity contribution in [3.63, 3.8) is 0 Å². The lowest BCUT2D eigenvalue weighted by molar-refractivity contribution is 0.476. The van der Waals surface area contributed by atoms with Gasteiger partial charge in [0.15, 0.2) is 5.75 Å². The molecule has 1 aromatic heterocycles. The number of ether oxygens (including phenoxy) is 1. The van der Waals surface area contributed by atoms with E-state index >= 15 is 0 Å². The highest BCUT2D eigenvalue weighted by Crippen LogP contribution is 2.28. The Hall–Kier alpha value is -1.19. The van der Waals surface area contributed by atoms with Crippen molar-refractivity contribution in [1.82, 2.24) is 9.78 Å². The number of rotatable bonds is 5. The summed E-state index contributed by atoms with van der Waals surface area (Å²) < 4.78 is 7.61. The van der Waals surface area contributed by atoms with Crippen LogP contribution < -0.4 is 4.74 Å². The molecule has 1 heterocycles. The van der Waals surface area contributed by atoms with Crippen LogP contribution in [0.1, 0.15) is 18.9 Å². The fourth-order valence-corrected chi connectivity index (χ4v) is 2.03. The molecule has 0 atom stereocenters. The first-order valence-electron chi connectivity index (χ1n) is 5.77. The van der Waals surface area contributed by atoms with Crippen molar-refractivity contribution in [2.24, 2.45) is 0 Å². The van der Waals surface area contributed by atoms with Gasteiger partial charge in [0.25, 0.3) is 0 Å². The van der Waals surface area contributed by atoms with Gasteiger partial charge in [-0.25, -0.2) is 0 Å². The van der Waals surface area contributed by atoms with Crippen LogP contribution in [0.3, 0.4) is 0 Å². The van der Waals surface area contributed by atoms with Crippen LogP contribution in [0.4, 0.5) is 0 Å². The monoisotopic (exact) mass is 284 g/mol. The number of halogens is 2. The summed E-state index contributed by atoms with van der Waals surface area (Å²) >= 11 is 11.8. The van der Waals surface area contributed by atoms with Crippen LogP contribution in [0.5, 0.6) is 11.5 Å². The normalized spacial score (nSPS) is 10.6. The minimum atomic E-state index is 0.360. The first kappa shape index (κ1) is 13.2. The third-order valence-electron chi connectivity index (χ3n) is 2.46. The number of aromatic nitrogens is 2. The van der Waals surface area contributed by atoms with E-state index in [1.54, 1.807) is 18.3 Å². The Labute approximate surface area is 116 Å². The van der Waals surface area contributed by atoms with Crippen molar-refractivity contribution < 1.29 is 4.74 Å². The summed E-state index contributed by atoms with van der Waals surface area (Å²) in [5.74, 6) is 1.78. The predicted molar refractivity (Wildman–Crippen MR) is 73.6 cm³/mol. The summed E-state index contributed by atoms with van der Waals surface area (Å²) in [5, 5.41) is 4.86. The molecule has 18 heavy (non-hydrogen) atoms. The summed E-state index contributed by atoms with van der Waals surface area (Å²) in [6.45, 7) is 2.99. The van der Waals surface area contributed by atoms with Crippen molar-refractivity contribution in [2.75, 3.05) is 0 Å². The van der Waals surface area contributed by atoms with Gasteiger partial charge in [-0.15, -0.1) is 11.6 Å². The second-order valence-electron chi connectivity index (χ2n) is 3.93. The first-order valence-corrected chi connectivity index (χ1v) is 6.69. The maximum absolute atomic E-state index is 5.91. The Kier molecular flexibility index (Phi) is 4.50. The van der Waals surface area contributed by atoms with E-state index in [2.05, 4.69) is 12.0 Å². The molecule has 0 aliphatic heterocycles. The zero-order valence-electron chi connectivity index (χ0n) is 10.1. The van der Waals surface area contributed by atoms with E-state index in [4.69, 9.17) is 27.9 Å². The van der Waals surface area contributed by atoms with Crippen LogP contribution in [-0.2, 0) is 12.4 Å². The second-order valence-corrected chi connectivity index (χ2v) is 4.63. The van der Waals surface area contributed by atoms with Gasteiger partial charge in [-0.2, -0.15) is 5.10 Å². The molecule has 0 saturated carbocycles. The molecule has 0 N–H and O–H groups in total. The van der Waals surface area contributed by atoms with Crippen molar-refractivity contribution >= 4 is 23.2 Å². The predicted octanol–water partition coefficient (Wildman–Crippen LogP) is 4.48. The fourth-order valence-electron chi connectivity index (χ4n) is 1.63. The van der Waals surface area contributed by atoms with E-state index in [1.165, 1.54) is 0 Å². The minimum absolute atomic E-state index is 0.360. The Morgan fingerprint density at radius 2 is 2.22 bits per heavy atom. The highest BCUT2D eigenvalue weighted by Gasteiger charge is 2.06. The zero-order chi connectivity index (χ0) is 13.0. The van der Waals surface area contributed by atoms with Crippen molar-refractivity contribution in [3.8, 4) is 11.5 Å². The van der Waals surface area contributed by atoms with Gasteiger partial charge in [0.2, 0.25) is 0 Å². The summed E-state index contributed by atoms with van der Waals surface area (Å²) in [7, 11) is 0. The summed E-state index contributed by atoms with van der Waals surface area (Å²) in [4.78, 5) is 0. The summed E-state index contributed by atoms with van der Waals surface area (Å²) in [6, 6.07) is 5.40. The molecule has 2 aromatic rings. The number of benzene rings is 1. The fraction of sp³-hybridized carbons (Fsp3) is 0.308. The molecule has 0 unspecified atom stereocenters. The number of aryl methyl sites for hydroxylation is 1. The third kappa shape index (κ3) is 3.18. The topological polar surface area (TPSA) is 27.1 Å². The summed E-state index contributed by atoms with van der Waals surface area (Å²) in [6.07, 6.45) is 4.60. The van der Waals surface area contributed by atoms with Crippen LogP contribution in [0.2, 0.25) is 5.02 Å². The highest BCUT2D eigenvalue weighted by molar-refractivity contribution is 6.30. The van der Waals surface area contributed by atoms with Gasteiger partial charge in [-0.3, -0.25) is 4.68 Å². The smallest absolute Gasteiger partial charge is 0.165 e. The zero-order valence-corrected chi connectivity index (χ0v) is 11.6. The average Bonchev–Trinajstić information content (AvgIpc) is 2.79. The van der Waals surface area contributed by atoms with E-state index in [0.29, 0.717) is 22.4 Å². The second kappa shape index (κ2) is 6.12. The number of hydrogen-bond donors (Lipinski definition) is 0. The molecule has 1 aromatic carbocycles. The SMILES string of the molecule is CCCn1cc(Oc2ccc(Cl)cc2CCl)cn1. The Bertz CT molecular complexity index is 525. The quantitative estimate of drug-likeness (QED) is 0.757. The van der Waals surface area contributed by atoms with Crippen molar-refractivity contribution in [1.29, 1.82) is 0 Å². The number of nitrogens with zero attached hydrogens (tertiary/aromatic N) is 2. The molecular weight excluding hydrogens is 271 g/mol. The molecule has 5 heteroatoms. The summed E-state index contributed by atoms with van der Waals surface area (Å²) in [5.41, 5.74) is 0.868. The van der Waals surface area contributed by atoms with Crippen LogP contribution in [0, 0.1) is 0 Å². The Balaban J connectivity index is 2.17. The molecule has 2 rings (SSSR count). The molecule has 0 fully saturated rings. The van der Waals surface area contributed by atoms with Gasteiger partial charge in [0.1, 0.15) is 5.75 Å². The van der Waals surface area contributed by atoms with E-state index in [9.17, 15) is 0 Å². The van der Waals surface area contributed by atoms with Gasteiger partial charge in [-0.1, -0.05) is 18.5 Å². The first-order chi connectivity index (χ1) is 8.72. The molecule has 0 amide bonds. The van der Waals surface area contributed by atoms with Gasteiger partial charge in [0, 0.05) is 17.1 Å². The van der Waals surface area contributed by atoms with Crippen molar-refractivity contribution in [2.45, 2.75) is 25.8 Å². The van der Waals surface area contributed by atoms with Crippen molar-refractivity contribution in [3.05, 3.63) is 41.2 Å². The molecule has 0 spiro atoms. The van der Waals surface area contributed by atoms with Gasteiger partial charge < -0.3 is 4.74 Å². The average molecular weight is 285 g/mol. The molecule has 0 saturated heterocycles. The lowest BCUT2D eigenvalue weighted by atomic mass is 10.2. The van der Waals surface area contributed by atoms with E-state index in [1.807, 2.05) is 16.9 Å². The maximum atomic E-state index is 5.91. The standard InChI is InChI=1S/C13H14Cl2N2O/c1-2-5-17-9-12(8-16-17)18-13-4-3-11(15)6-10(13)7-14/h3-4,6,8-9H,2,5,7H2,1H3. The van der Waals surface area contributed by atoms with E-state index < -0.39 is 0 Å². The molecule has 0 aliphatic carbocycles. The molecule has 0 aliphatic rings. The highest BCUT2D eigenvalue weighted by atomic mass is 35.5. The van der Waals surface area contributed by atoms with Gasteiger partial charge in [0.05, 0.1) is 18.3 Å². The molecule has 3 nitrogen and oxygen atoms in total. The Morgan fingerprint density at radius 3 is 2.94 bits per heavy atom. The van der Waals surface area contributed by atoms with Crippen LogP contribution in [0.15, 0.2) is 30.6 Å². The van der Waals surface area contributed by atoms with Crippen LogP contribution >= 0.6 is 23.2 Å². The Morgan fingerprint density at radius 1 is 1.39 bits per heavy atom. The third-order valence-corrected chi connectivity index (χ3v) is 2.98. The van der Waals surface area contributed by atoms with E-state index in [-0.39, 0.29) is 0 Å². The molecule has 96 valence electrons. The lowest BCUT2D eigenvalue weighted by Crippen LogP contribution is -1.95. The lowest BCUT2D eigenvalue weighted by Gasteiger charge is -2.07. The number of alkyl halides is 1. The molecular formula is C13H14Cl2N2O. The maximum Gasteiger partial charge on any atom is 0.165 e. The van der Waals surface area contributed by atoms with Crippen LogP contribution in [0.25, 0.3) is 0 Å². The van der Waals surface area contributed by atoms with E-state index in [0.717, 1.165) is 18.5 Å². The minimum Gasteiger partial charge on any atom is -0.454 e. The largest absolute Gasteiger partial charge is 0.454 e. The van der Waals surface area contributed by atoms with Gasteiger partial charge >= 0.3 is 0 Å². The number of hydrogen-bond acceptors (Lipinski definition) is 2. The molecule has 0 radical (unpaired) electrons.